The maximum Gasteiger partial charge on any atom is 0.326 e. The van der Waals surface area contributed by atoms with Crippen LogP contribution in [0.2, 0.25) is 10.0 Å². The summed E-state index contributed by atoms with van der Waals surface area (Å²) in [6.07, 6.45) is -0.844. The molecule has 1 rings (SSSR count). The largest absolute Gasteiger partial charge is 0.480 e. The smallest absolute Gasteiger partial charge is 0.326 e. The number of carboxylic acids is 1. The number of rotatable bonds is 11. The van der Waals surface area contributed by atoms with E-state index >= 15 is 0 Å². The van der Waals surface area contributed by atoms with Crippen LogP contribution >= 0.6 is 23.2 Å². The van der Waals surface area contributed by atoms with Crippen molar-refractivity contribution in [2.45, 2.75) is 39.2 Å². The van der Waals surface area contributed by atoms with Crippen LogP contribution in [0.15, 0.2) is 18.2 Å². The summed E-state index contributed by atoms with van der Waals surface area (Å²) in [6.45, 7) is 2.57. The van der Waals surface area contributed by atoms with Crippen molar-refractivity contribution in [1.29, 1.82) is 5.41 Å². The van der Waals surface area contributed by atoms with Crippen molar-refractivity contribution in [2.24, 2.45) is 5.92 Å². The van der Waals surface area contributed by atoms with Gasteiger partial charge in [0.25, 0.3) is 5.91 Å². The van der Waals surface area contributed by atoms with E-state index in [0.717, 1.165) is 0 Å². The fourth-order valence-electron chi connectivity index (χ4n) is 2.36. The molecule has 0 aliphatic carbocycles. The zero-order chi connectivity index (χ0) is 22.1. The predicted molar refractivity (Wildman–Crippen MR) is 107 cm³/mol. The lowest BCUT2D eigenvalue weighted by molar-refractivity contribution is -0.149. The highest BCUT2D eigenvalue weighted by molar-refractivity contribution is 6.36. The third kappa shape index (κ3) is 8.62. The standard InChI is InChI=1S/C19H22Cl2N2O6/c1-10(2)18(19(27)28)23-16(25)9-29-17(26)7-11(22)6-12(24)8-13-14(20)4-3-5-15(13)21/h3-5,10,18,22H,6-9H2,1-2H3,(H,23,25)(H,27,28)/t18-/m1/s1. The Morgan fingerprint density at radius 1 is 1.14 bits per heavy atom. The molecule has 8 nitrogen and oxygen atoms in total. The van der Waals surface area contributed by atoms with E-state index in [2.05, 4.69) is 5.32 Å². The number of benzene rings is 1. The number of esters is 1. The van der Waals surface area contributed by atoms with Crippen molar-refractivity contribution in [1.82, 2.24) is 5.32 Å². The van der Waals surface area contributed by atoms with Gasteiger partial charge in [-0.2, -0.15) is 0 Å². The first-order valence-corrected chi connectivity index (χ1v) is 9.45. The van der Waals surface area contributed by atoms with Crippen LogP contribution in [0.25, 0.3) is 0 Å². The molecule has 1 aromatic carbocycles. The Kier molecular flexibility index (Phi) is 9.77. The maximum atomic E-state index is 12.1. The summed E-state index contributed by atoms with van der Waals surface area (Å²) in [4.78, 5) is 46.6. The van der Waals surface area contributed by atoms with Crippen molar-refractivity contribution in [3.8, 4) is 0 Å². The Bertz CT molecular complexity index is 790. The van der Waals surface area contributed by atoms with Crippen molar-refractivity contribution >= 4 is 52.5 Å². The first kappa shape index (κ1) is 24.6. The van der Waals surface area contributed by atoms with Gasteiger partial charge in [-0.25, -0.2) is 4.79 Å². The van der Waals surface area contributed by atoms with Gasteiger partial charge < -0.3 is 20.6 Å². The minimum absolute atomic E-state index is 0.0792. The second-order valence-electron chi connectivity index (χ2n) is 6.66. The summed E-state index contributed by atoms with van der Waals surface area (Å²) in [7, 11) is 0. The van der Waals surface area contributed by atoms with Gasteiger partial charge in [0, 0.05) is 28.6 Å². The maximum absolute atomic E-state index is 12.1. The van der Waals surface area contributed by atoms with Gasteiger partial charge in [0.2, 0.25) is 0 Å². The number of hydrogen-bond acceptors (Lipinski definition) is 6. The van der Waals surface area contributed by atoms with Crippen molar-refractivity contribution in [2.75, 3.05) is 6.61 Å². The molecule has 0 spiro atoms. The van der Waals surface area contributed by atoms with Crippen molar-refractivity contribution < 1.29 is 29.0 Å². The van der Waals surface area contributed by atoms with Crippen LogP contribution in [0.1, 0.15) is 32.3 Å². The molecular weight excluding hydrogens is 423 g/mol. The lowest BCUT2D eigenvalue weighted by atomic mass is 10.0. The molecule has 158 valence electrons. The summed E-state index contributed by atoms with van der Waals surface area (Å²) in [6, 6.07) is 3.73. The van der Waals surface area contributed by atoms with Gasteiger partial charge in [-0.15, -0.1) is 0 Å². The number of ether oxygens (including phenoxy) is 1. The van der Waals surface area contributed by atoms with Gasteiger partial charge in [-0.05, 0) is 23.6 Å². The van der Waals surface area contributed by atoms with E-state index in [4.69, 9.17) is 38.5 Å². The van der Waals surface area contributed by atoms with Crippen LogP contribution in [0.5, 0.6) is 0 Å². The highest BCUT2D eigenvalue weighted by Crippen LogP contribution is 2.25. The molecular formula is C19H22Cl2N2O6. The molecule has 0 heterocycles. The number of carbonyl (C=O) groups is 4. The second kappa shape index (κ2) is 11.5. The number of ketones is 1. The van der Waals surface area contributed by atoms with Crippen LogP contribution in [-0.2, 0) is 30.3 Å². The SMILES string of the molecule is CC(C)[C@@H](NC(=O)COC(=O)CC(=N)CC(=O)Cc1c(Cl)cccc1Cl)C(=O)O. The summed E-state index contributed by atoms with van der Waals surface area (Å²) >= 11 is 12.0. The molecule has 1 atom stereocenters. The third-order valence-electron chi connectivity index (χ3n) is 3.82. The van der Waals surface area contributed by atoms with Gasteiger partial charge in [-0.1, -0.05) is 43.1 Å². The quantitative estimate of drug-likeness (QED) is 0.354. The monoisotopic (exact) mass is 444 g/mol. The number of carbonyl (C=O) groups excluding carboxylic acids is 3. The first-order chi connectivity index (χ1) is 13.5. The summed E-state index contributed by atoms with van der Waals surface area (Å²) in [5, 5.41) is 19.7. The number of carboxylic acid groups (broad SMARTS) is 1. The fourth-order valence-corrected chi connectivity index (χ4v) is 2.89. The van der Waals surface area contributed by atoms with E-state index in [9.17, 15) is 19.2 Å². The molecule has 0 aliphatic rings. The fraction of sp³-hybridized carbons (Fsp3) is 0.421. The van der Waals surface area contributed by atoms with Gasteiger partial charge in [0.1, 0.15) is 11.8 Å². The number of aliphatic carboxylic acids is 1. The normalized spacial score (nSPS) is 11.6. The third-order valence-corrected chi connectivity index (χ3v) is 4.53. The molecule has 0 aliphatic heterocycles. The van der Waals surface area contributed by atoms with E-state index < -0.39 is 36.9 Å². The predicted octanol–water partition coefficient (Wildman–Crippen LogP) is 2.67. The molecule has 1 amide bonds. The number of Topliss-reactive ketones (excluding diaryl/α,β-unsaturated/α-hetero) is 1. The summed E-state index contributed by atoms with van der Waals surface area (Å²) in [5.74, 6) is -3.53. The van der Waals surface area contributed by atoms with Crippen LogP contribution in [0.3, 0.4) is 0 Å². The molecule has 0 bridgehead atoms. The molecule has 10 heteroatoms. The van der Waals surface area contributed by atoms with Gasteiger partial charge in [0.15, 0.2) is 6.61 Å². The number of hydrogen-bond donors (Lipinski definition) is 3. The Labute approximate surface area is 178 Å². The van der Waals surface area contributed by atoms with Crippen LogP contribution in [-0.4, -0.2) is 47.1 Å². The van der Waals surface area contributed by atoms with Gasteiger partial charge in [0.05, 0.1) is 6.42 Å². The summed E-state index contributed by atoms with van der Waals surface area (Å²) in [5.41, 5.74) is 0.264. The zero-order valence-electron chi connectivity index (χ0n) is 16.0. The minimum atomic E-state index is -1.20. The minimum Gasteiger partial charge on any atom is -0.480 e. The Hall–Kier alpha value is -2.45. The average molecular weight is 445 g/mol. The molecule has 0 fully saturated rings. The van der Waals surface area contributed by atoms with E-state index in [1.165, 1.54) is 0 Å². The summed E-state index contributed by atoms with van der Waals surface area (Å²) < 4.78 is 4.73. The highest BCUT2D eigenvalue weighted by atomic mass is 35.5. The van der Waals surface area contributed by atoms with Gasteiger partial charge in [-0.3, -0.25) is 14.4 Å². The molecule has 3 N–H and O–H groups in total. The molecule has 0 saturated heterocycles. The van der Waals surface area contributed by atoms with Crippen LogP contribution < -0.4 is 5.32 Å². The van der Waals surface area contributed by atoms with Crippen molar-refractivity contribution in [3.63, 3.8) is 0 Å². The lowest BCUT2D eigenvalue weighted by Crippen LogP contribution is -2.45. The average Bonchev–Trinajstić information content (AvgIpc) is 2.60. The van der Waals surface area contributed by atoms with Crippen molar-refractivity contribution in [3.05, 3.63) is 33.8 Å². The lowest BCUT2D eigenvalue weighted by Gasteiger charge is -2.17. The number of halogens is 2. The topological polar surface area (TPSA) is 134 Å². The Balaban J connectivity index is 2.44. The van der Waals surface area contributed by atoms with E-state index in [0.29, 0.717) is 15.6 Å². The molecule has 0 aromatic heterocycles. The van der Waals surface area contributed by atoms with E-state index in [1.54, 1.807) is 32.0 Å². The number of nitrogens with one attached hydrogen (secondary N) is 2. The zero-order valence-corrected chi connectivity index (χ0v) is 17.5. The second-order valence-corrected chi connectivity index (χ2v) is 7.48. The highest BCUT2D eigenvalue weighted by Gasteiger charge is 2.24. The molecule has 29 heavy (non-hydrogen) atoms. The molecule has 0 saturated carbocycles. The molecule has 1 aromatic rings. The molecule has 0 unspecified atom stereocenters. The van der Waals surface area contributed by atoms with Gasteiger partial charge >= 0.3 is 11.9 Å². The first-order valence-electron chi connectivity index (χ1n) is 8.70. The Morgan fingerprint density at radius 2 is 1.72 bits per heavy atom. The molecule has 0 radical (unpaired) electrons. The van der Waals surface area contributed by atoms with Crippen LogP contribution in [0.4, 0.5) is 0 Å². The van der Waals surface area contributed by atoms with Crippen LogP contribution in [0, 0.1) is 11.3 Å². The Morgan fingerprint density at radius 3 is 2.24 bits per heavy atom. The van der Waals surface area contributed by atoms with E-state index in [1.807, 2.05) is 0 Å². The number of amides is 1. The van der Waals surface area contributed by atoms with E-state index in [-0.39, 0.29) is 30.3 Å².